The zero-order valence-corrected chi connectivity index (χ0v) is 12.7. The molecule has 0 radical (unpaired) electrons. The summed E-state index contributed by atoms with van der Waals surface area (Å²) >= 11 is 11.7. The molecule has 0 saturated carbocycles. The van der Waals surface area contributed by atoms with Crippen LogP contribution in [0.5, 0.6) is 0 Å². The molecule has 120 valence electrons. The van der Waals surface area contributed by atoms with Gasteiger partial charge in [-0.3, -0.25) is 0 Å². The van der Waals surface area contributed by atoms with Crippen LogP contribution in [0.4, 0.5) is 0 Å². The molecule has 1 saturated heterocycles. The first-order valence-corrected chi connectivity index (χ1v) is 7.01. The van der Waals surface area contributed by atoms with E-state index in [0.717, 1.165) is 4.90 Å². The lowest BCUT2D eigenvalue weighted by Crippen LogP contribution is -2.64. The standard InChI is InChI=1S/C13H13Cl2NO6/c14-8-3-7(4-9(15)5-8)13(11(18)19,12(20)21)16-1-2-22-6-10(16)17/h3-5,10,17H,1-2,6H2,(H,18,19)(H,20,21). The number of aliphatic hydroxyl groups excluding tert-OH is 1. The van der Waals surface area contributed by atoms with Crippen LogP contribution >= 0.6 is 23.2 Å². The molecular formula is C13H13Cl2NO6. The van der Waals surface area contributed by atoms with Crippen LogP contribution in [-0.4, -0.2) is 58.1 Å². The zero-order valence-electron chi connectivity index (χ0n) is 11.2. The van der Waals surface area contributed by atoms with Crippen molar-refractivity contribution in [2.75, 3.05) is 19.8 Å². The van der Waals surface area contributed by atoms with E-state index in [0.29, 0.717) is 0 Å². The van der Waals surface area contributed by atoms with Crippen LogP contribution in [0.15, 0.2) is 18.2 Å². The van der Waals surface area contributed by atoms with Crippen molar-refractivity contribution < 1.29 is 29.6 Å². The highest BCUT2D eigenvalue weighted by Gasteiger charge is 2.56. The van der Waals surface area contributed by atoms with E-state index in [1.165, 1.54) is 18.2 Å². The van der Waals surface area contributed by atoms with E-state index >= 15 is 0 Å². The molecule has 3 N–H and O–H groups in total. The largest absolute Gasteiger partial charge is 0.479 e. The SMILES string of the molecule is O=C(O)C(C(=O)O)(c1cc(Cl)cc(Cl)c1)N1CCOCC1O. The molecule has 0 aromatic heterocycles. The number of morpholine rings is 1. The summed E-state index contributed by atoms with van der Waals surface area (Å²) in [6, 6.07) is 3.77. The number of carbonyl (C=O) groups is 2. The molecule has 0 spiro atoms. The van der Waals surface area contributed by atoms with Crippen molar-refractivity contribution in [3.05, 3.63) is 33.8 Å². The van der Waals surface area contributed by atoms with E-state index in [2.05, 4.69) is 0 Å². The van der Waals surface area contributed by atoms with Crippen molar-refractivity contribution in [3.63, 3.8) is 0 Å². The number of hydrogen-bond acceptors (Lipinski definition) is 5. The molecule has 1 fully saturated rings. The number of hydrogen-bond donors (Lipinski definition) is 3. The number of carboxylic acid groups (broad SMARTS) is 2. The number of benzene rings is 1. The van der Waals surface area contributed by atoms with Gasteiger partial charge in [-0.05, 0) is 23.8 Å². The van der Waals surface area contributed by atoms with Crippen molar-refractivity contribution >= 4 is 35.1 Å². The molecule has 1 atom stereocenters. The summed E-state index contributed by atoms with van der Waals surface area (Å²) in [6.07, 6.45) is -1.39. The zero-order chi connectivity index (χ0) is 16.5. The van der Waals surface area contributed by atoms with Crippen LogP contribution in [-0.2, 0) is 19.9 Å². The van der Waals surface area contributed by atoms with Gasteiger partial charge in [-0.25, -0.2) is 14.5 Å². The number of aliphatic carboxylic acids is 2. The Bertz CT molecular complexity index is 574. The molecule has 0 aliphatic carbocycles. The third-order valence-electron chi connectivity index (χ3n) is 3.43. The van der Waals surface area contributed by atoms with Crippen LogP contribution in [0.2, 0.25) is 10.0 Å². The smallest absolute Gasteiger partial charge is 0.340 e. The molecule has 1 aliphatic heterocycles. The van der Waals surface area contributed by atoms with Gasteiger partial charge in [0, 0.05) is 16.6 Å². The van der Waals surface area contributed by atoms with Crippen molar-refractivity contribution in [1.29, 1.82) is 0 Å². The van der Waals surface area contributed by atoms with Gasteiger partial charge in [0.05, 0.1) is 13.2 Å². The van der Waals surface area contributed by atoms with Crippen LogP contribution in [0, 0.1) is 0 Å². The number of ether oxygens (including phenoxy) is 1. The summed E-state index contributed by atoms with van der Waals surface area (Å²) in [4.78, 5) is 24.7. The maximum absolute atomic E-state index is 11.9. The van der Waals surface area contributed by atoms with Crippen molar-refractivity contribution in [2.45, 2.75) is 11.8 Å². The van der Waals surface area contributed by atoms with Crippen molar-refractivity contribution in [2.24, 2.45) is 0 Å². The summed E-state index contributed by atoms with van der Waals surface area (Å²) in [5, 5.41) is 29.5. The summed E-state index contributed by atoms with van der Waals surface area (Å²) in [5.74, 6) is -3.31. The van der Waals surface area contributed by atoms with Gasteiger partial charge in [0.15, 0.2) is 0 Å². The van der Waals surface area contributed by atoms with E-state index in [-0.39, 0.29) is 35.4 Å². The quantitative estimate of drug-likeness (QED) is 0.696. The van der Waals surface area contributed by atoms with Gasteiger partial charge in [0.1, 0.15) is 6.23 Å². The van der Waals surface area contributed by atoms with Gasteiger partial charge in [-0.2, -0.15) is 0 Å². The molecule has 1 aromatic carbocycles. The van der Waals surface area contributed by atoms with Gasteiger partial charge in [0.2, 0.25) is 5.54 Å². The van der Waals surface area contributed by atoms with E-state index in [4.69, 9.17) is 27.9 Å². The third-order valence-corrected chi connectivity index (χ3v) is 3.87. The Balaban J connectivity index is 2.68. The first-order valence-electron chi connectivity index (χ1n) is 6.26. The lowest BCUT2D eigenvalue weighted by atomic mass is 9.87. The Morgan fingerprint density at radius 3 is 2.18 bits per heavy atom. The van der Waals surface area contributed by atoms with Crippen molar-refractivity contribution in [1.82, 2.24) is 4.90 Å². The molecule has 1 heterocycles. The molecule has 2 rings (SSSR count). The summed E-state index contributed by atoms with van der Waals surface area (Å²) in [5.41, 5.74) is -2.66. The number of carboxylic acids is 2. The Hall–Kier alpha value is -1.38. The van der Waals surface area contributed by atoms with Gasteiger partial charge in [-0.15, -0.1) is 0 Å². The molecule has 1 aromatic rings. The second-order valence-corrected chi connectivity index (χ2v) is 5.60. The lowest BCUT2D eigenvalue weighted by molar-refractivity contribution is -0.194. The first kappa shape index (κ1) is 17.0. The van der Waals surface area contributed by atoms with Gasteiger partial charge >= 0.3 is 11.9 Å². The Morgan fingerprint density at radius 1 is 1.18 bits per heavy atom. The summed E-state index contributed by atoms with van der Waals surface area (Å²) in [6.45, 7) is -0.186. The van der Waals surface area contributed by atoms with Crippen LogP contribution in [0.1, 0.15) is 5.56 Å². The number of nitrogens with zero attached hydrogens (tertiary/aromatic N) is 1. The van der Waals surface area contributed by atoms with Gasteiger partial charge in [0.25, 0.3) is 0 Å². The minimum atomic E-state index is -2.52. The molecule has 0 bridgehead atoms. The molecular weight excluding hydrogens is 337 g/mol. The maximum atomic E-state index is 11.9. The Morgan fingerprint density at radius 2 is 1.73 bits per heavy atom. The Labute approximate surface area is 135 Å². The minimum Gasteiger partial charge on any atom is -0.479 e. The van der Waals surface area contributed by atoms with E-state index < -0.39 is 23.7 Å². The van der Waals surface area contributed by atoms with Crippen LogP contribution < -0.4 is 0 Å². The highest BCUT2D eigenvalue weighted by atomic mass is 35.5. The first-order chi connectivity index (χ1) is 10.3. The summed E-state index contributed by atoms with van der Waals surface area (Å²) < 4.78 is 5.02. The lowest BCUT2D eigenvalue weighted by Gasteiger charge is -2.42. The molecule has 1 aliphatic rings. The maximum Gasteiger partial charge on any atom is 0.340 e. The molecule has 7 nitrogen and oxygen atoms in total. The van der Waals surface area contributed by atoms with E-state index in [9.17, 15) is 24.9 Å². The summed E-state index contributed by atoms with van der Waals surface area (Å²) in [7, 11) is 0. The normalized spacial score (nSPS) is 19.9. The predicted octanol–water partition coefficient (Wildman–Crippen LogP) is 1.01. The fraction of sp³-hybridized carbons (Fsp3) is 0.385. The topological polar surface area (TPSA) is 107 Å². The molecule has 0 amide bonds. The van der Waals surface area contributed by atoms with Gasteiger partial charge in [-0.1, -0.05) is 23.2 Å². The second-order valence-electron chi connectivity index (χ2n) is 4.73. The third kappa shape index (κ3) is 2.78. The number of halogens is 2. The Kier molecular flexibility index (Phi) is 4.93. The molecule has 1 unspecified atom stereocenters. The highest BCUT2D eigenvalue weighted by molar-refractivity contribution is 6.34. The van der Waals surface area contributed by atoms with Gasteiger partial charge < -0.3 is 20.1 Å². The van der Waals surface area contributed by atoms with E-state index in [1.807, 2.05) is 0 Å². The monoisotopic (exact) mass is 349 g/mol. The fourth-order valence-electron chi connectivity index (χ4n) is 2.49. The average molecular weight is 350 g/mol. The number of rotatable bonds is 4. The molecule has 9 heteroatoms. The minimum absolute atomic E-state index is 0.0795. The second kappa shape index (κ2) is 6.39. The predicted molar refractivity (Wildman–Crippen MR) is 76.9 cm³/mol. The molecule has 22 heavy (non-hydrogen) atoms. The number of aliphatic hydroxyl groups is 1. The highest BCUT2D eigenvalue weighted by Crippen LogP contribution is 2.35. The van der Waals surface area contributed by atoms with Crippen LogP contribution in [0.3, 0.4) is 0 Å². The fourth-order valence-corrected chi connectivity index (χ4v) is 3.02. The van der Waals surface area contributed by atoms with Crippen molar-refractivity contribution in [3.8, 4) is 0 Å². The van der Waals surface area contributed by atoms with E-state index in [1.54, 1.807) is 0 Å². The average Bonchev–Trinajstić information content (AvgIpc) is 2.39. The van der Waals surface area contributed by atoms with Crippen LogP contribution in [0.25, 0.3) is 0 Å².